The van der Waals surface area contributed by atoms with E-state index in [2.05, 4.69) is 27.4 Å². The van der Waals surface area contributed by atoms with Gasteiger partial charge in [-0.25, -0.2) is 0 Å². The first kappa shape index (κ1) is 28.5. The molecule has 4 rings (SSSR count). The molecule has 0 aromatic rings. The van der Waals surface area contributed by atoms with Crippen LogP contribution in [0, 0.1) is 17.8 Å². The number of ether oxygens (including phenoxy) is 3. The Morgan fingerprint density at radius 3 is 2.65 bits per heavy atom. The molecule has 0 aromatic carbocycles. The first-order valence-corrected chi connectivity index (χ1v) is 14.2. The molecule has 2 bridgehead atoms. The maximum Gasteiger partial charge on any atom is 0.312 e. The van der Waals surface area contributed by atoms with Crippen LogP contribution in [0.5, 0.6) is 0 Å². The van der Waals surface area contributed by atoms with Crippen molar-refractivity contribution in [1.29, 1.82) is 0 Å². The van der Waals surface area contributed by atoms with Crippen molar-refractivity contribution >= 4 is 33.7 Å². The first-order chi connectivity index (χ1) is 17.7. The summed E-state index contributed by atoms with van der Waals surface area (Å²) < 4.78 is 17.3. The van der Waals surface area contributed by atoms with Crippen LogP contribution in [0.15, 0.2) is 12.7 Å². The van der Waals surface area contributed by atoms with Crippen molar-refractivity contribution in [3.05, 3.63) is 12.7 Å². The smallest absolute Gasteiger partial charge is 0.312 e. The highest BCUT2D eigenvalue weighted by molar-refractivity contribution is 9.09. The van der Waals surface area contributed by atoms with Gasteiger partial charge in [0.05, 0.1) is 50.4 Å². The van der Waals surface area contributed by atoms with Gasteiger partial charge >= 0.3 is 5.97 Å². The lowest BCUT2D eigenvalue weighted by Crippen LogP contribution is -2.60. The van der Waals surface area contributed by atoms with Gasteiger partial charge in [-0.1, -0.05) is 35.9 Å². The normalized spacial score (nSPS) is 34.1. The summed E-state index contributed by atoms with van der Waals surface area (Å²) in [5.41, 5.74) is -1.18. The van der Waals surface area contributed by atoms with Gasteiger partial charge in [0.2, 0.25) is 11.8 Å². The molecule has 3 unspecified atom stereocenters. The van der Waals surface area contributed by atoms with E-state index in [4.69, 9.17) is 14.2 Å². The molecule has 4 aliphatic rings. The number of aliphatic hydroxyl groups is 1. The Kier molecular flexibility index (Phi) is 9.00. The summed E-state index contributed by atoms with van der Waals surface area (Å²) in [6.45, 7) is 13.7. The predicted molar refractivity (Wildman–Crippen MR) is 139 cm³/mol. The van der Waals surface area contributed by atoms with Gasteiger partial charge in [-0.3, -0.25) is 19.3 Å². The lowest BCUT2D eigenvalue weighted by Gasteiger charge is -2.41. The number of likely N-dealkylation sites (tertiary alicyclic amines) is 1. The second-order valence-electron chi connectivity index (χ2n) is 10.7. The molecule has 0 saturated carbocycles. The topological polar surface area (TPSA) is 109 Å². The molecule has 4 aliphatic heterocycles. The monoisotopic (exact) mass is 585 g/mol. The van der Waals surface area contributed by atoms with Crippen molar-refractivity contribution in [2.24, 2.45) is 17.8 Å². The molecule has 1 N–H and O–H groups in total. The van der Waals surface area contributed by atoms with Crippen molar-refractivity contribution < 1.29 is 33.7 Å². The largest absolute Gasteiger partial charge is 0.466 e. The molecule has 0 radical (unpaired) electrons. The molecule has 37 heavy (non-hydrogen) atoms. The molecular weight excluding hydrogens is 546 g/mol. The minimum Gasteiger partial charge on any atom is -0.466 e. The van der Waals surface area contributed by atoms with E-state index in [1.807, 2.05) is 13.8 Å². The average molecular weight is 587 g/mol. The van der Waals surface area contributed by atoms with Crippen molar-refractivity contribution in [3.8, 4) is 0 Å². The van der Waals surface area contributed by atoms with Crippen molar-refractivity contribution in [2.75, 3.05) is 59.2 Å². The SMILES string of the molecule is C=CCN(CCN1CCOCC1)C(=O)C1N([C@@H](CO)C(C)C)C(=O)[C@@H]2[C@@H](C(=O)OCC)[C@@H]3OC12CC3Br. The number of hydrogen-bond donors (Lipinski definition) is 1. The van der Waals surface area contributed by atoms with Gasteiger partial charge in [-0.15, -0.1) is 6.58 Å². The van der Waals surface area contributed by atoms with E-state index in [0.29, 0.717) is 39.3 Å². The van der Waals surface area contributed by atoms with E-state index < -0.39 is 41.6 Å². The predicted octanol–water partition coefficient (Wildman–Crippen LogP) is 0.661. The van der Waals surface area contributed by atoms with Gasteiger partial charge in [0.1, 0.15) is 11.6 Å². The van der Waals surface area contributed by atoms with Gasteiger partial charge in [-0.2, -0.15) is 0 Å². The summed E-state index contributed by atoms with van der Waals surface area (Å²) in [6.07, 6.45) is 1.54. The van der Waals surface area contributed by atoms with Crippen LogP contribution in [0.25, 0.3) is 0 Å². The highest BCUT2D eigenvalue weighted by Crippen LogP contribution is 2.60. The molecule has 4 fully saturated rings. The molecule has 7 atom stereocenters. The third-order valence-electron chi connectivity index (χ3n) is 8.28. The molecule has 208 valence electrons. The highest BCUT2D eigenvalue weighted by Gasteiger charge is 2.77. The number of carbonyl (C=O) groups is 3. The molecule has 11 heteroatoms. The summed E-state index contributed by atoms with van der Waals surface area (Å²) in [5.74, 6) is -2.80. The number of hydrogen-bond acceptors (Lipinski definition) is 8. The first-order valence-electron chi connectivity index (χ1n) is 13.3. The number of nitrogens with zero attached hydrogens (tertiary/aromatic N) is 3. The Bertz CT molecular complexity index is 882. The van der Waals surface area contributed by atoms with Crippen LogP contribution in [0.1, 0.15) is 27.2 Å². The molecule has 4 heterocycles. The zero-order chi connectivity index (χ0) is 26.9. The molecule has 1 spiro atoms. The second kappa shape index (κ2) is 11.7. The number of carbonyl (C=O) groups excluding carboxylic acids is 3. The van der Waals surface area contributed by atoms with Gasteiger partial charge in [0.15, 0.2) is 0 Å². The number of rotatable bonds is 11. The zero-order valence-electron chi connectivity index (χ0n) is 22.0. The number of esters is 1. The van der Waals surface area contributed by atoms with Gasteiger partial charge < -0.3 is 29.1 Å². The summed E-state index contributed by atoms with van der Waals surface area (Å²) in [6, 6.07) is -1.55. The maximum absolute atomic E-state index is 14.4. The maximum atomic E-state index is 14.4. The molecule has 0 aliphatic carbocycles. The number of alkyl halides is 1. The van der Waals surface area contributed by atoms with Gasteiger partial charge in [-0.05, 0) is 19.3 Å². The quantitative estimate of drug-likeness (QED) is 0.214. The summed E-state index contributed by atoms with van der Waals surface area (Å²) in [5, 5.41) is 10.3. The highest BCUT2D eigenvalue weighted by atomic mass is 79.9. The van der Waals surface area contributed by atoms with E-state index in [0.717, 1.165) is 13.1 Å². The Morgan fingerprint density at radius 2 is 2.05 bits per heavy atom. The number of amides is 2. The third kappa shape index (κ3) is 4.97. The van der Waals surface area contributed by atoms with Crippen molar-refractivity contribution in [2.45, 2.75) is 55.8 Å². The van der Waals surface area contributed by atoms with Crippen LogP contribution < -0.4 is 0 Å². The van der Waals surface area contributed by atoms with E-state index in [1.54, 1.807) is 17.9 Å². The van der Waals surface area contributed by atoms with Gasteiger partial charge in [0, 0.05) is 37.6 Å². The van der Waals surface area contributed by atoms with E-state index >= 15 is 0 Å². The Morgan fingerprint density at radius 1 is 1.35 bits per heavy atom. The fourth-order valence-electron chi connectivity index (χ4n) is 6.54. The summed E-state index contributed by atoms with van der Waals surface area (Å²) in [7, 11) is 0. The number of morpholine rings is 1. The fourth-order valence-corrected chi connectivity index (χ4v) is 7.48. The van der Waals surface area contributed by atoms with Gasteiger partial charge in [0.25, 0.3) is 0 Å². The van der Waals surface area contributed by atoms with Crippen LogP contribution in [0.4, 0.5) is 0 Å². The van der Waals surface area contributed by atoms with Crippen molar-refractivity contribution in [1.82, 2.24) is 14.7 Å². The van der Waals surface area contributed by atoms with Crippen LogP contribution in [-0.2, 0) is 28.6 Å². The zero-order valence-corrected chi connectivity index (χ0v) is 23.6. The summed E-state index contributed by atoms with van der Waals surface area (Å²) in [4.78, 5) is 46.9. The number of aliphatic hydroxyl groups excluding tert-OH is 1. The van der Waals surface area contributed by atoms with Crippen LogP contribution >= 0.6 is 15.9 Å². The number of fused-ring (bicyclic) bond motifs is 1. The minimum atomic E-state index is -1.18. The fraction of sp³-hybridized carbons (Fsp3) is 0.808. The minimum absolute atomic E-state index is 0.112. The molecular formula is C26H40BrN3O7. The molecule has 2 amide bonds. The summed E-state index contributed by atoms with van der Waals surface area (Å²) >= 11 is 3.67. The molecule has 4 saturated heterocycles. The van der Waals surface area contributed by atoms with Crippen molar-refractivity contribution in [3.63, 3.8) is 0 Å². The number of halogens is 1. The average Bonchev–Trinajstić information content (AvgIpc) is 3.46. The van der Waals surface area contributed by atoms with Crippen LogP contribution in [0.3, 0.4) is 0 Å². The van der Waals surface area contributed by atoms with Crippen LogP contribution in [0.2, 0.25) is 0 Å². The second-order valence-corrected chi connectivity index (χ2v) is 11.9. The van der Waals surface area contributed by atoms with E-state index in [-0.39, 0.29) is 35.8 Å². The molecule has 10 nitrogen and oxygen atoms in total. The standard InChI is InChI=1S/C26H40BrN3O7/c1-5-7-29(9-8-28-10-12-35-13-11-28)24(33)22-26-14-17(27)21(37-26)19(25(34)36-6-2)20(26)23(32)30(22)18(15-31)16(3)4/h5,16-22,31H,1,6-15H2,2-4H3/t17?,18-,19+,20-,21+,22?,26?/m0/s1. The van der Waals surface area contributed by atoms with E-state index in [1.165, 1.54) is 4.90 Å². The lowest BCUT2D eigenvalue weighted by molar-refractivity contribution is -0.156. The van der Waals surface area contributed by atoms with Crippen LogP contribution in [-0.4, -0.2) is 125 Å². The Balaban J connectivity index is 1.71. The van der Waals surface area contributed by atoms with E-state index in [9.17, 15) is 19.5 Å². The molecule has 0 aromatic heterocycles. The Hall–Kier alpha value is -1.53. The Labute approximate surface area is 227 Å². The lowest BCUT2D eigenvalue weighted by atomic mass is 9.70. The third-order valence-corrected chi connectivity index (χ3v) is 9.13.